The molecule has 5 heteroatoms. The second kappa shape index (κ2) is 5.08. The fourth-order valence-electron chi connectivity index (χ4n) is 1.92. The summed E-state index contributed by atoms with van der Waals surface area (Å²) in [7, 11) is 1.77. The molecule has 1 unspecified atom stereocenters. The van der Waals surface area contributed by atoms with E-state index >= 15 is 0 Å². The summed E-state index contributed by atoms with van der Waals surface area (Å²) >= 11 is 0. The van der Waals surface area contributed by atoms with Crippen molar-refractivity contribution in [2.24, 2.45) is 5.16 Å². The van der Waals surface area contributed by atoms with Crippen LogP contribution in [0.3, 0.4) is 0 Å². The largest absolute Gasteiger partial charge is 0.481 e. The molecule has 1 N–H and O–H groups in total. The molecule has 0 radical (unpaired) electrons. The Morgan fingerprint density at radius 3 is 2.94 bits per heavy atom. The highest BCUT2D eigenvalue weighted by Gasteiger charge is 2.30. The topological polar surface area (TPSA) is 62.1 Å². The molecule has 0 saturated carbocycles. The summed E-state index contributed by atoms with van der Waals surface area (Å²) < 4.78 is 5.67. The van der Waals surface area contributed by atoms with Crippen molar-refractivity contribution in [2.75, 3.05) is 13.6 Å². The van der Waals surface area contributed by atoms with Gasteiger partial charge in [0.15, 0.2) is 6.10 Å². The molecular weight excluding hydrogens is 232 g/mol. The Hall–Kier alpha value is -2.04. The minimum atomic E-state index is -0.406. The molecule has 1 aromatic rings. The number of carbonyl (C=O) groups is 1. The quantitative estimate of drug-likeness (QED) is 0.501. The molecule has 1 saturated heterocycles. The second-order valence-corrected chi connectivity index (χ2v) is 4.37. The maximum Gasteiger partial charge on any atom is 0.263 e. The van der Waals surface area contributed by atoms with Gasteiger partial charge >= 0.3 is 0 Å². The molecule has 1 atom stereocenters. The summed E-state index contributed by atoms with van der Waals surface area (Å²) in [6, 6.07) is 7.19. The number of oxime groups is 1. The van der Waals surface area contributed by atoms with Crippen LogP contribution < -0.4 is 4.74 Å². The third kappa shape index (κ3) is 2.45. The minimum absolute atomic E-state index is 0.00736. The number of rotatable bonds is 3. The van der Waals surface area contributed by atoms with Crippen LogP contribution in [0.25, 0.3) is 0 Å². The Balaban J connectivity index is 2.13. The van der Waals surface area contributed by atoms with Crippen LogP contribution in [-0.2, 0) is 4.79 Å². The first kappa shape index (κ1) is 12.4. The fraction of sp³-hybridized carbons (Fsp3) is 0.385. The minimum Gasteiger partial charge on any atom is -0.481 e. The van der Waals surface area contributed by atoms with Gasteiger partial charge in [-0.05, 0) is 19.1 Å². The zero-order valence-electron chi connectivity index (χ0n) is 10.5. The van der Waals surface area contributed by atoms with Gasteiger partial charge in [0.1, 0.15) is 5.75 Å². The summed E-state index contributed by atoms with van der Waals surface area (Å²) in [5.74, 6) is 0.622. The molecule has 18 heavy (non-hydrogen) atoms. The van der Waals surface area contributed by atoms with Crippen LogP contribution in [0.5, 0.6) is 5.75 Å². The van der Waals surface area contributed by atoms with Gasteiger partial charge in [0.05, 0.1) is 5.71 Å². The SMILES string of the molecule is CC(=NO)c1cccc(OC2CCN(C)C2=O)c1. The standard InChI is InChI=1S/C13H16N2O3/c1-9(14-17)10-4-3-5-11(8-10)18-12-6-7-15(2)13(12)16/h3-5,8,12,17H,6-7H2,1-2H3. The molecule has 0 bridgehead atoms. The van der Waals surface area contributed by atoms with E-state index in [9.17, 15) is 4.79 Å². The van der Waals surface area contributed by atoms with E-state index < -0.39 is 6.10 Å². The van der Waals surface area contributed by atoms with E-state index in [0.29, 0.717) is 17.9 Å². The molecule has 5 nitrogen and oxygen atoms in total. The Bertz CT molecular complexity index is 485. The first-order valence-corrected chi connectivity index (χ1v) is 5.82. The van der Waals surface area contributed by atoms with Crippen LogP contribution in [0, 0.1) is 0 Å². The monoisotopic (exact) mass is 248 g/mol. The molecule has 1 aliphatic heterocycles. The molecule has 1 amide bonds. The first-order chi connectivity index (χ1) is 8.61. The summed E-state index contributed by atoms with van der Waals surface area (Å²) in [4.78, 5) is 13.4. The predicted octanol–water partition coefficient (Wildman–Crippen LogP) is 1.49. The van der Waals surface area contributed by atoms with Crippen LogP contribution in [0.15, 0.2) is 29.4 Å². The van der Waals surface area contributed by atoms with Gasteiger partial charge in [-0.15, -0.1) is 0 Å². The lowest BCUT2D eigenvalue weighted by atomic mass is 10.1. The molecule has 1 heterocycles. The predicted molar refractivity (Wildman–Crippen MR) is 67.1 cm³/mol. The number of carbonyl (C=O) groups excluding carboxylic acids is 1. The third-order valence-corrected chi connectivity index (χ3v) is 3.06. The van der Waals surface area contributed by atoms with Gasteiger partial charge < -0.3 is 14.8 Å². The molecule has 96 valence electrons. The van der Waals surface area contributed by atoms with Crippen molar-refractivity contribution in [1.82, 2.24) is 4.90 Å². The average Bonchev–Trinajstić information content (AvgIpc) is 2.70. The number of likely N-dealkylation sites (N-methyl/N-ethyl adjacent to an activating group) is 1. The van der Waals surface area contributed by atoms with E-state index in [-0.39, 0.29) is 5.91 Å². The van der Waals surface area contributed by atoms with Crippen LogP contribution in [0.1, 0.15) is 18.9 Å². The van der Waals surface area contributed by atoms with Gasteiger partial charge in [-0.1, -0.05) is 17.3 Å². The Labute approximate surface area is 106 Å². The Morgan fingerprint density at radius 2 is 2.33 bits per heavy atom. The number of hydrogen-bond donors (Lipinski definition) is 1. The number of hydrogen-bond acceptors (Lipinski definition) is 4. The second-order valence-electron chi connectivity index (χ2n) is 4.37. The highest BCUT2D eigenvalue weighted by molar-refractivity contribution is 5.98. The summed E-state index contributed by atoms with van der Waals surface area (Å²) in [5, 5.41) is 11.9. The van der Waals surface area contributed by atoms with Crippen molar-refractivity contribution in [3.05, 3.63) is 29.8 Å². The number of amides is 1. The van der Waals surface area contributed by atoms with E-state index in [1.165, 1.54) is 0 Å². The lowest BCUT2D eigenvalue weighted by Gasteiger charge is -2.13. The molecule has 2 rings (SSSR count). The van der Waals surface area contributed by atoms with Gasteiger partial charge in [0.25, 0.3) is 5.91 Å². The summed E-state index contributed by atoms with van der Waals surface area (Å²) in [6.07, 6.45) is 0.295. The Kier molecular flexibility index (Phi) is 3.50. The third-order valence-electron chi connectivity index (χ3n) is 3.06. The number of likely N-dealkylation sites (tertiary alicyclic amines) is 1. The first-order valence-electron chi connectivity index (χ1n) is 5.82. The van der Waals surface area contributed by atoms with Crippen LogP contribution in [-0.4, -0.2) is 41.4 Å². The van der Waals surface area contributed by atoms with Crippen LogP contribution in [0.4, 0.5) is 0 Å². The lowest BCUT2D eigenvalue weighted by Crippen LogP contribution is -2.29. The normalized spacial score (nSPS) is 20.3. The van der Waals surface area contributed by atoms with E-state index in [4.69, 9.17) is 9.94 Å². The van der Waals surface area contributed by atoms with E-state index in [0.717, 1.165) is 12.1 Å². The van der Waals surface area contributed by atoms with Crippen LogP contribution in [0.2, 0.25) is 0 Å². The fourth-order valence-corrected chi connectivity index (χ4v) is 1.92. The average molecular weight is 248 g/mol. The molecule has 0 spiro atoms. The molecule has 0 aromatic heterocycles. The van der Waals surface area contributed by atoms with Gasteiger partial charge in [-0.25, -0.2) is 0 Å². The number of ether oxygens (including phenoxy) is 1. The molecule has 1 aliphatic rings. The van der Waals surface area contributed by atoms with Crippen molar-refractivity contribution in [1.29, 1.82) is 0 Å². The van der Waals surface area contributed by atoms with E-state index in [2.05, 4.69) is 5.16 Å². The van der Waals surface area contributed by atoms with E-state index in [1.54, 1.807) is 31.0 Å². The number of nitrogens with zero attached hydrogens (tertiary/aromatic N) is 2. The summed E-state index contributed by atoms with van der Waals surface area (Å²) in [6.45, 7) is 2.42. The zero-order valence-corrected chi connectivity index (χ0v) is 10.5. The summed E-state index contributed by atoms with van der Waals surface area (Å²) in [5.41, 5.74) is 1.28. The highest BCUT2D eigenvalue weighted by Crippen LogP contribution is 2.20. The van der Waals surface area contributed by atoms with Crippen molar-refractivity contribution in [2.45, 2.75) is 19.4 Å². The maximum absolute atomic E-state index is 11.7. The van der Waals surface area contributed by atoms with Gasteiger partial charge in [-0.3, -0.25) is 4.79 Å². The van der Waals surface area contributed by atoms with Crippen molar-refractivity contribution in [3.63, 3.8) is 0 Å². The smallest absolute Gasteiger partial charge is 0.263 e. The van der Waals surface area contributed by atoms with E-state index in [1.807, 2.05) is 12.1 Å². The highest BCUT2D eigenvalue weighted by atomic mass is 16.5. The molecular formula is C13H16N2O3. The zero-order chi connectivity index (χ0) is 13.1. The van der Waals surface area contributed by atoms with Gasteiger partial charge in [-0.2, -0.15) is 0 Å². The lowest BCUT2D eigenvalue weighted by molar-refractivity contribution is -0.132. The maximum atomic E-state index is 11.7. The van der Waals surface area contributed by atoms with Crippen molar-refractivity contribution < 1.29 is 14.7 Å². The molecule has 0 aliphatic carbocycles. The molecule has 1 fully saturated rings. The van der Waals surface area contributed by atoms with Gasteiger partial charge in [0, 0.05) is 25.6 Å². The van der Waals surface area contributed by atoms with Crippen molar-refractivity contribution >= 4 is 11.6 Å². The van der Waals surface area contributed by atoms with Crippen LogP contribution >= 0.6 is 0 Å². The van der Waals surface area contributed by atoms with Gasteiger partial charge in [0.2, 0.25) is 0 Å². The Morgan fingerprint density at radius 1 is 1.56 bits per heavy atom. The molecule has 1 aromatic carbocycles. The van der Waals surface area contributed by atoms with Crippen molar-refractivity contribution in [3.8, 4) is 5.75 Å². The number of benzene rings is 1.